The van der Waals surface area contributed by atoms with Crippen LogP contribution < -0.4 is 5.73 Å². The molecule has 18 heavy (non-hydrogen) atoms. The monoisotopic (exact) mass is 250 g/mol. The number of hydrogen-bond acceptors (Lipinski definition) is 4. The van der Waals surface area contributed by atoms with Crippen LogP contribution in [-0.2, 0) is 4.74 Å². The maximum Gasteiger partial charge on any atom is 0.168 e. The Morgan fingerprint density at radius 2 is 2.11 bits per heavy atom. The molecule has 5 nitrogen and oxygen atoms in total. The fourth-order valence-corrected chi connectivity index (χ4v) is 3.46. The van der Waals surface area contributed by atoms with Crippen LogP contribution in [0.1, 0.15) is 56.7 Å². The van der Waals surface area contributed by atoms with E-state index in [4.69, 9.17) is 10.5 Å². The zero-order chi connectivity index (χ0) is 12.6. The summed E-state index contributed by atoms with van der Waals surface area (Å²) < 4.78 is 8.12. The van der Waals surface area contributed by atoms with Crippen LogP contribution in [0.25, 0.3) is 0 Å². The number of rotatable bonds is 1. The van der Waals surface area contributed by atoms with E-state index in [0.29, 0.717) is 11.9 Å². The standard InChI is InChI=1S/C13H22N4O/c1-10-12(14)15-16-17(10)11-5-8-18-13(9-11)6-3-2-4-7-13/h11H,2-9,14H2,1H3. The molecule has 1 aromatic heterocycles. The minimum absolute atomic E-state index is 0.105. The Balaban J connectivity index is 1.79. The molecule has 0 amide bonds. The number of aromatic nitrogens is 3. The van der Waals surface area contributed by atoms with Crippen LogP contribution in [-0.4, -0.2) is 27.2 Å². The summed E-state index contributed by atoms with van der Waals surface area (Å²) in [5, 5.41) is 8.18. The maximum atomic E-state index is 6.11. The second-order valence-electron chi connectivity index (χ2n) is 5.74. The van der Waals surface area contributed by atoms with Crippen molar-refractivity contribution in [1.29, 1.82) is 0 Å². The van der Waals surface area contributed by atoms with Crippen LogP contribution in [0.15, 0.2) is 0 Å². The molecule has 100 valence electrons. The molecule has 2 heterocycles. The quantitative estimate of drug-likeness (QED) is 0.830. The molecule has 1 unspecified atom stereocenters. The predicted molar refractivity (Wildman–Crippen MR) is 69.2 cm³/mol. The lowest BCUT2D eigenvalue weighted by Crippen LogP contribution is -2.42. The maximum absolute atomic E-state index is 6.11. The van der Waals surface area contributed by atoms with Crippen LogP contribution in [0, 0.1) is 6.92 Å². The molecule has 5 heteroatoms. The third-order valence-corrected chi connectivity index (χ3v) is 4.54. The van der Waals surface area contributed by atoms with Gasteiger partial charge in [0, 0.05) is 6.61 Å². The van der Waals surface area contributed by atoms with Gasteiger partial charge in [-0.2, -0.15) is 0 Å². The van der Waals surface area contributed by atoms with Crippen LogP contribution in [0.5, 0.6) is 0 Å². The van der Waals surface area contributed by atoms with Gasteiger partial charge in [0.1, 0.15) is 0 Å². The summed E-state index contributed by atoms with van der Waals surface area (Å²) in [4.78, 5) is 0. The van der Waals surface area contributed by atoms with E-state index in [0.717, 1.165) is 25.1 Å². The second-order valence-corrected chi connectivity index (χ2v) is 5.74. The first kappa shape index (κ1) is 12.0. The van der Waals surface area contributed by atoms with Gasteiger partial charge in [-0.1, -0.05) is 24.5 Å². The predicted octanol–water partition coefficient (Wildman–Crippen LogP) is 2.22. The Morgan fingerprint density at radius 3 is 2.78 bits per heavy atom. The van der Waals surface area contributed by atoms with Gasteiger partial charge in [-0.15, -0.1) is 5.10 Å². The second kappa shape index (κ2) is 4.53. The Bertz CT molecular complexity index is 417. The topological polar surface area (TPSA) is 66.0 Å². The lowest BCUT2D eigenvalue weighted by molar-refractivity contribution is -0.116. The van der Waals surface area contributed by atoms with Crippen molar-refractivity contribution < 1.29 is 4.74 Å². The number of nitrogens with two attached hydrogens (primary N) is 1. The smallest absolute Gasteiger partial charge is 0.168 e. The number of hydrogen-bond donors (Lipinski definition) is 1. The Morgan fingerprint density at radius 1 is 1.33 bits per heavy atom. The summed E-state index contributed by atoms with van der Waals surface area (Å²) in [6, 6.07) is 0.404. The van der Waals surface area contributed by atoms with Crippen molar-refractivity contribution in [1.82, 2.24) is 15.0 Å². The van der Waals surface area contributed by atoms with E-state index in [-0.39, 0.29) is 5.60 Å². The van der Waals surface area contributed by atoms with Gasteiger partial charge in [-0.25, -0.2) is 4.68 Å². The third kappa shape index (κ3) is 2.00. The largest absolute Gasteiger partial charge is 0.381 e. The highest BCUT2D eigenvalue weighted by atomic mass is 16.5. The minimum atomic E-state index is 0.105. The average Bonchev–Trinajstić information content (AvgIpc) is 2.71. The molecule has 2 aliphatic rings. The summed E-state index contributed by atoms with van der Waals surface area (Å²) in [6.07, 6.45) is 8.43. The van der Waals surface area contributed by atoms with E-state index in [2.05, 4.69) is 10.3 Å². The molecule has 2 fully saturated rings. The van der Waals surface area contributed by atoms with Gasteiger partial charge in [0.2, 0.25) is 0 Å². The Labute approximate surface area is 108 Å². The lowest BCUT2D eigenvalue weighted by atomic mass is 9.78. The van der Waals surface area contributed by atoms with Crippen molar-refractivity contribution in [2.45, 2.75) is 63.5 Å². The minimum Gasteiger partial charge on any atom is -0.381 e. The fraction of sp³-hybridized carbons (Fsp3) is 0.846. The SMILES string of the molecule is Cc1c(N)nnn1C1CCOC2(CCCCC2)C1. The van der Waals surface area contributed by atoms with Gasteiger partial charge in [-0.3, -0.25) is 0 Å². The Hall–Kier alpha value is -1.10. The molecule has 1 aliphatic carbocycles. The third-order valence-electron chi connectivity index (χ3n) is 4.54. The summed E-state index contributed by atoms with van der Waals surface area (Å²) in [5.74, 6) is 0.555. The zero-order valence-corrected chi connectivity index (χ0v) is 11.1. The van der Waals surface area contributed by atoms with E-state index < -0.39 is 0 Å². The van der Waals surface area contributed by atoms with Crippen LogP contribution in [0.2, 0.25) is 0 Å². The zero-order valence-electron chi connectivity index (χ0n) is 11.1. The first-order valence-electron chi connectivity index (χ1n) is 7.01. The lowest BCUT2D eigenvalue weighted by Gasteiger charge is -2.43. The first-order valence-corrected chi connectivity index (χ1v) is 7.01. The molecular formula is C13H22N4O. The molecule has 0 aromatic carbocycles. The molecule has 1 saturated heterocycles. The molecule has 1 saturated carbocycles. The van der Waals surface area contributed by atoms with Crippen molar-refractivity contribution >= 4 is 5.82 Å². The van der Waals surface area contributed by atoms with Crippen LogP contribution in [0.4, 0.5) is 5.82 Å². The van der Waals surface area contributed by atoms with E-state index in [9.17, 15) is 0 Å². The highest BCUT2D eigenvalue weighted by molar-refractivity contribution is 5.31. The molecule has 1 aliphatic heterocycles. The Kier molecular flexibility index (Phi) is 3.01. The number of nitrogen functional groups attached to an aromatic ring is 1. The molecule has 0 bridgehead atoms. The molecule has 3 rings (SSSR count). The molecule has 1 aromatic rings. The van der Waals surface area contributed by atoms with E-state index in [1.54, 1.807) is 0 Å². The van der Waals surface area contributed by atoms with Crippen molar-refractivity contribution in [3.8, 4) is 0 Å². The van der Waals surface area contributed by atoms with Crippen molar-refractivity contribution in [2.75, 3.05) is 12.3 Å². The van der Waals surface area contributed by atoms with Crippen molar-refractivity contribution in [3.63, 3.8) is 0 Å². The first-order chi connectivity index (χ1) is 8.70. The van der Waals surface area contributed by atoms with E-state index in [1.807, 2.05) is 11.6 Å². The van der Waals surface area contributed by atoms with Crippen molar-refractivity contribution in [3.05, 3.63) is 5.69 Å². The van der Waals surface area contributed by atoms with Gasteiger partial charge in [0.15, 0.2) is 5.82 Å². The van der Waals surface area contributed by atoms with Gasteiger partial charge in [0.05, 0.1) is 17.3 Å². The molecular weight excluding hydrogens is 228 g/mol. The van der Waals surface area contributed by atoms with Crippen LogP contribution in [0.3, 0.4) is 0 Å². The number of anilines is 1. The number of nitrogens with zero attached hydrogens (tertiary/aromatic N) is 3. The van der Waals surface area contributed by atoms with Crippen LogP contribution >= 0.6 is 0 Å². The van der Waals surface area contributed by atoms with Crippen molar-refractivity contribution in [2.24, 2.45) is 0 Å². The van der Waals surface area contributed by atoms with Gasteiger partial charge in [0.25, 0.3) is 0 Å². The highest BCUT2D eigenvalue weighted by Gasteiger charge is 2.39. The molecule has 1 spiro atoms. The summed E-state index contributed by atoms with van der Waals surface area (Å²) >= 11 is 0. The number of ether oxygens (including phenoxy) is 1. The van der Waals surface area contributed by atoms with Gasteiger partial charge >= 0.3 is 0 Å². The fourth-order valence-electron chi connectivity index (χ4n) is 3.46. The van der Waals surface area contributed by atoms with E-state index >= 15 is 0 Å². The van der Waals surface area contributed by atoms with E-state index in [1.165, 1.54) is 32.1 Å². The van der Waals surface area contributed by atoms with Gasteiger partial charge in [-0.05, 0) is 32.6 Å². The average molecular weight is 250 g/mol. The summed E-state index contributed by atoms with van der Waals surface area (Å²) in [6.45, 7) is 2.84. The molecule has 0 radical (unpaired) electrons. The summed E-state index contributed by atoms with van der Waals surface area (Å²) in [5.41, 5.74) is 6.89. The molecule has 2 N–H and O–H groups in total. The highest BCUT2D eigenvalue weighted by Crippen LogP contribution is 2.42. The summed E-state index contributed by atoms with van der Waals surface area (Å²) in [7, 11) is 0. The normalized spacial score (nSPS) is 27.5. The van der Waals surface area contributed by atoms with Gasteiger partial charge < -0.3 is 10.5 Å². The molecule has 1 atom stereocenters.